The summed E-state index contributed by atoms with van der Waals surface area (Å²) in [5.41, 5.74) is 9.80. The van der Waals surface area contributed by atoms with Gasteiger partial charge in [0.05, 0.1) is 35.1 Å². The van der Waals surface area contributed by atoms with E-state index in [0.717, 1.165) is 33.7 Å². The van der Waals surface area contributed by atoms with E-state index in [1.165, 1.54) is 0 Å². The van der Waals surface area contributed by atoms with Crippen LogP contribution in [-0.4, -0.2) is 51.5 Å². The average Bonchev–Trinajstić information content (AvgIpc) is 3.32. The Hall–Kier alpha value is -3.72. The van der Waals surface area contributed by atoms with Crippen molar-refractivity contribution in [1.82, 2.24) is 24.8 Å². The quantitative estimate of drug-likeness (QED) is 0.243. The van der Waals surface area contributed by atoms with Gasteiger partial charge in [0.2, 0.25) is 5.91 Å². The molecule has 2 aromatic heterocycles. The van der Waals surface area contributed by atoms with E-state index in [2.05, 4.69) is 19.9 Å². The Bertz CT molecular complexity index is 1240. The molecule has 0 unspecified atom stereocenters. The van der Waals surface area contributed by atoms with Gasteiger partial charge in [0.25, 0.3) is 0 Å². The monoisotopic (exact) mass is 419 g/mol. The molecule has 0 bridgehead atoms. The Morgan fingerprint density at radius 3 is 2.87 bits per heavy atom. The Morgan fingerprint density at radius 2 is 2.06 bits per heavy atom. The summed E-state index contributed by atoms with van der Waals surface area (Å²) >= 11 is 0. The molecule has 0 saturated carbocycles. The van der Waals surface area contributed by atoms with Crippen LogP contribution in [0.2, 0.25) is 0 Å². The molecule has 9 nitrogen and oxygen atoms in total. The van der Waals surface area contributed by atoms with E-state index >= 15 is 0 Å². The summed E-state index contributed by atoms with van der Waals surface area (Å²) in [6.07, 6.45) is 0.853. The molecule has 0 saturated heterocycles. The Balaban J connectivity index is 1.57. The van der Waals surface area contributed by atoms with Gasteiger partial charge in [0.1, 0.15) is 17.5 Å². The van der Waals surface area contributed by atoms with E-state index in [4.69, 9.17) is 20.9 Å². The van der Waals surface area contributed by atoms with Gasteiger partial charge in [0.15, 0.2) is 0 Å². The molecule has 4 rings (SSSR count). The highest BCUT2D eigenvalue weighted by Gasteiger charge is 2.14. The first kappa shape index (κ1) is 20.5. The number of nitrogen functional groups attached to an aromatic ring is 1. The number of H-pyrrole nitrogens is 1. The molecule has 1 amide bonds. The lowest BCUT2D eigenvalue weighted by atomic mass is 10.2. The summed E-state index contributed by atoms with van der Waals surface area (Å²) < 4.78 is 7.06. The number of ether oxygens (including phenoxy) is 1. The second-order valence-electron chi connectivity index (χ2n) is 7.27. The molecule has 0 radical (unpaired) electrons. The first-order chi connectivity index (χ1) is 15.0. The van der Waals surface area contributed by atoms with Crippen LogP contribution in [0.4, 0.5) is 0 Å². The SMILES string of the molecule is COCCC(=O)NCCn1c(Cc2nc3ccc(C(=N)N)cc3[nH]2)nc2ccccc21. The summed E-state index contributed by atoms with van der Waals surface area (Å²) in [6.45, 7) is 1.50. The number of nitrogens with zero attached hydrogens (tertiary/aromatic N) is 3. The summed E-state index contributed by atoms with van der Waals surface area (Å²) in [5.74, 6) is 1.62. The largest absolute Gasteiger partial charge is 0.384 e. The Kier molecular flexibility index (Phi) is 5.94. The molecule has 0 aliphatic rings. The van der Waals surface area contributed by atoms with Crippen LogP contribution in [0.5, 0.6) is 0 Å². The lowest BCUT2D eigenvalue weighted by Crippen LogP contribution is -2.28. The third kappa shape index (κ3) is 4.56. The molecule has 0 fully saturated rings. The minimum absolute atomic E-state index is 0.0207. The number of nitrogens with two attached hydrogens (primary N) is 1. The van der Waals surface area contributed by atoms with Crippen molar-refractivity contribution >= 4 is 33.8 Å². The van der Waals surface area contributed by atoms with Gasteiger partial charge in [0, 0.05) is 32.2 Å². The van der Waals surface area contributed by atoms with Crippen molar-refractivity contribution in [2.24, 2.45) is 5.73 Å². The highest BCUT2D eigenvalue weighted by Crippen LogP contribution is 2.20. The number of amides is 1. The number of nitrogens with one attached hydrogen (secondary N) is 3. The van der Waals surface area contributed by atoms with Crippen LogP contribution < -0.4 is 11.1 Å². The summed E-state index contributed by atoms with van der Waals surface area (Å²) in [5, 5.41) is 10.5. The number of benzene rings is 2. The van der Waals surface area contributed by atoms with Gasteiger partial charge >= 0.3 is 0 Å². The highest BCUT2D eigenvalue weighted by molar-refractivity contribution is 5.97. The minimum Gasteiger partial charge on any atom is -0.384 e. The van der Waals surface area contributed by atoms with Gasteiger partial charge in [-0.1, -0.05) is 12.1 Å². The lowest BCUT2D eigenvalue weighted by molar-refractivity contribution is -0.121. The number of aromatic nitrogens is 4. The number of methoxy groups -OCH3 is 1. The molecule has 4 aromatic rings. The van der Waals surface area contributed by atoms with Crippen molar-refractivity contribution in [3.63, 3.8) is 0 Å². The van der Waals surface area contributed by atoms with E-state index in [0.29, 0.717) is 38.1 Å². The minimum atomic E-state index is -0.0358. The molecule has 0 aliphatic carbocycles. The van der Waals surface area contributed by atoms with Crippen LogP contribution in [0.3, 0.4) is 0 Å². The van der Waals surface area contributed by atoms with Crippen molar-refractivity contribution in [2.45, 2.75) is 19.4 Å². The molecule has 2 heterocycles. The van der Waals surface area contributed by atoms with Crippen molar-refractivity contribution in [1.29, 1.82) is 5.41 Å². The van der Waals surface area contributed by atoms with Crippen molar-refractivity contribution in [3.05, 3.63) is 59.7 Å². The molecule has 0 atom stereocenters. The van der Waals surface area contributed by atoms with E-state index in [1.807, 2.05) is 36.4 Å². The number of fused-ring (bicyclic) bond motifs is 2. The first-order valence-electron chi connectivity index (χ1n) is 10.1. The Morgan fingerprint density at radius 1 is 1.23 bits per heavy atom. The van der Waals surface area contributed by atoms with Gasteiger partial charge in [-0.25, -0.2) is 9.97 Å². The third-order valence-corrected chi connectivity index (χ3v) is 5.09. The fraction of sp³-hybridized carbons (Fsp3) is 0.273. The van der Waals surface area contributed by atoms with E-state index in [9.17, 15) is 4.79 Å². The highest BCUT2D eigenvalue weighted by atomic mass is 16.5. The second kappa shape index (κ2) is 8.97. The van der Waals surface area contributed by atoms with Crippen LogP contribution in [0.1, 0.15) is 23.6 Å². The maximum Gasteiger partial charge on any atom is 0.222 e. The van der Waals surface area contributed by atoms with Crippen molar-refractivity contribution in [3.8, 4) is 0 Å². The number of carbonyl (C=O) groups is 1. The van der Waals surface area contributed by atoms with E-state index < -0.39 is 0 Å². The molecule has 31 heavy (non-hydrogen) atoms. The molecule has 0 aliphatic heterocycles. The molecular formula is C22H25N7O2. The zero-order valence-electron chi connectivity index (χ0n) is 17.3. The predicted octanol–water partition coefficient (Wildman–Crippen LogP) is 1.94. The van der Waals surface area contributed by atoms with Crippen LogP contribution in [0, 0.1) is 5.41 Å². The van der Waals surface area contributed by atoms with Crippen molar-refractivity contribution in [2.75, 3.05) is 20.3 Å². The number of carbonyl (C=O) groups excluding carboxylic acids is 1. The number of imidazole rings is 2. The standard InChI is InChI=1S/C22H25N7O2/c1-31-11-8-21(30)25-9-10-29-18-5-3-2-4-16(18)28-20(29)13-19-26-15-7-6-14(22(23)24)12-17(15)27-19/h2-7,12H,8-11,13H2,1H3,(H3,23,24)(H,25,30)(H,26,27). The summed E-state index contributed by atoms with van der Waals surface area (Å²) in [7, 11) is 1.58. The summed E-state index contributed by atoms with van der Waals surface area (Å²) in [6, 6.07) is 13.4. The number of aromatic amines is 1. The molecule has 0 spiro atoms. The maximum atomic E-state index is 11.9. The zero-order valence-corrected chi connectivity index (χ0v) is 17.3. The smallest absolute Gasteiger partial charge is 0.222 e. The van der Waals surface area contributed by atoms with Crippen LogP contribution >= 0.6 is 0 Å². The number of hydrogen-bond acceptors (Lipinski definition) is 5. The first-order valence-corrected chi connectivity index (χ1v) is 10.1. The van der Waals surface area contributed by atoms with Gasteiger partial charge in [-0.2, -0.15) is 0 Å². The van der Waals surface area contributed by atoms with Crippen LogP contribution in [0.25, 0.3) is 22.1 Å². The fourth-order valence-corrected chi connectivity index (χ4v) is 3.56. The van der Waals surface area contributed by atoms with Gasteiger partial charge in [-0.3, -0.25) is 10.2 Å². The topological polar surface area (TPSA) is 135 Å². The van der Waals surface area contributed by atoms with Gasteiger partial charge < -0.3 is 25.3 Å². The number of amidine groups is 1. The average molecular weight is 419 g/mol. The summed E-state index contributed by atoms with van der Waals surface area (Å²) in [4.78, 5) is 24.6. The molecule has 160 valence electrons. The fourth-order valence-electron chi connectivity index (χ4n) is 3.56. The van der Waals surface area contributed by atoms with Gasteiger partial charge in [-0.05, 0) is 30.3 Å². The van der Waals surface area contributed by atoms with Crippen LogP contribution in [0.15, 0.2) is 42.5 Å². The zero-order chi connectivity index (χ0) is 21.8. The van der Waals surface area contributed by atoms with Crippen molar-refractivity contribution < 1.29 is 9.53 Å². The van der Waals surface area contributed by atoms with Gasteiger partial charge in [-0.15, -0.1) is 0 Å². The molecule has 2 aromatic carbocycles. The molecule has 5 N–H and O–H groups in total. The second-order valence-corrected chi connectivity index (χ2v) is 7.27. The van der Waals surface area contributed by atoms with Crippen LogP contribution in [-0.2, 0) is 22.5 Å². The predicted molar refractivity (Wildman–Crippen MR) is 119 cm³/mol. The molecular weight excluding hydrogens is 394 g/mol. The number of hydrogen-bond donors (Lipinski definition) is 4. The van der Waals surface area contributed by atoms with E-state index in [1.54, 1.807) is 13.2 Å². The maximum absolute atomic E-state index is 11.9. The normalized spacial score (nSPS) is 11.3. The Labute approximate surface area is 179 Å². The molecule has 9 heteroatoms. The lowest BCUT2D eigenvalue weighted by Gasteiger charge is -2.10. The number of rotatable bonds is 9. The number of para-hydroxylation sites is 2. The van der Waals surface area contributed by atoms with E-state index in [-0.39, 0.29) is 11.7 Å². The third-order valence-electron chi connectivity index (χ3n) is 5.09.